The van der Waals surface area contributed by atoms with Gasteiger partial charge >= 0.3 is 7.12 Å². The van der Waals surface area contributed by atoms with E-state index in [-0.39, 0.29) is 4.90 Å². The van der Waals surface area contributed by atoms with Gasteiger partial charge in [-0.15, -0.1) is 0 Å². The molecule has 152 valence electrons. The summed E-state index contributed by atoms with van der Waals surface area (Å²) in [5.41, 5.74) is -0.627. The quantitative estimate of drug-likeness (QED) is 0.683. The summed E-state index contributed by atoms with van der Waals surface area (Å²) in [6, 6.07) is 5.04. The number of hydrogen-bond acceptors (Lipinski definition) is 5. The largest absolute Gasteiger partial charge is 0.496 e. The van der Waals surface area contributed by atoms with Gasteiger partial charge in [-0.2, -0.15) is 0 Å². The second-order valence-corrected chi connectivity index (χ2v) is 10.1. The highest BCUT2D eigenvalue weighted by atomic mass is 32.2. The molecule has 1 heterocycles. The number of benzene rings is 1. The van der Waals surface area contributed by atoms with Gasteiger partial charge in [0.05, 0.1) is 22.7 Å². The molecule has 0 amide bonds. The third-order valence-electron chi connectivity index (χ3n) is 5.08. The van der Waals surface area contributed by atoms with Crippen molar-refractivity contribution >= 4 is 22.6 Å². The SMILES string of the molecule is CCNS(=O)(=O)c1cc(OCCC(C)C)ccc1B1OC(C)(C)C(C)(C)O1. The Kier molecular flexibility index (Phi) is 6.67. The summed E-state index contributed by atoms with van der Waals surface area (Å²) < 4.78 is 46.0. The van der Waals surface area contributed by atoms with Crippen LogP contribution < -0.4 is 14.9 Å². The highest BCUT2D eigenvalue weighted by Gasteiger charge is 2.52. The zero-order chi connectivity index (χ0) is 20.5. The normalized spacial score (nSPS) is 18.9. The molecule has 0 radical (unpaired) electrons. The van der Waals surface area contributed by atoms with Crippen LogP contribution >= 0.6 is 0 Å². The van der Waals surface area contributed by atoms with Gasteiger partial charge in [-0.3, -0.25) is 0 Å². The second kappa shape index (κ2) is 8.11. The number of nitrogens with one attached hydrogen (secondary N) is 1. The summed E-state index contributed by atoms with van der Waals surface area (Å²) in [5, 5.41) is 0. The Morgan fingerprint density at radius 1 is 1.15 bits per heavy atom. The lowest BCUT2D eigenvalue weighted by Crippen LogP contribution is -2.41. The summed E-state index contributed by atoms with van der Waals surface area (Å²) in [5.74, 6) is 1.03. The lowest BCUT2D eigenvalue weighted by atomic mass is 9.79. The van der Waals surface area contributed by atoms with Crippen LogP contribution in [0.25, 0.3) is 0 Å². The van der Waals surface area contributed by atoms with Crippen molar-refractivity contribution in [2.75, 3.05) is 13.2 Å². The topological polar surface area (TPSA) is 73.9 Å². The maximum atomic E-state index is 12.8. The van der Waals surface area contributed by atoms with E-state index < -0.39 is 28.3 Å². The van der Waals surface area contributed by atoms with Crippen LogP contribution in [0.4, 0.5) is 0 Å². The molecular weight excluding hydrogens is 365 g/mol. The molecule has 1 aromatic rings. The van der Waals surface area contributed by atoms with Crippen molar-refractivity contribution in [2.45, 2.75) is 71.0 Å². The van der Waals surface area contributed by atoms with Crippen LogP contribution in [0.1, 0.15) is 54.9 Å². The molecule has 1 aliphatic rings. The molecule has 1 aromatic carbocycles. The van der Waals surface area contributed by atoms with Crippen molar-refractivity contribution in [2.24, 2.45) is 5.92 Å². The highest BCUT2D eigenvalue weighted by Crippen LogP contribution is 2.37. The molecule has 1 saturated heterocycles. The molecule has 1 N–H and O–H groups in total. The van der Waals surface area contributed by atoms with Crippen LogP contribution in [-0.2, 0) is 19.3 Å². The van der Waals surface area contributed by atoms with Crippen LogP contribution in [0.3, 0.4) is 0 Å². The average molecular weight is 397 g/mol. The minimum Gasteiger partial charge on any atom is -0.494 e. The Bertz CT molecular complexity index is 745. The van der Waals surface area contributed by atoms with Crippen LogP contribution in [0.2, 0.25) is 0 Å². The van der Waals surface area contributed by atoms with E-state index in [1.807, 2.05) is 27.7 Å². The van der Waals surface area contributed by atoms with E-state index in [4.69, 9.17) is 14.0 Å². The zero-order valence-electron chi connectivity index (χ0n) is 17.5. The van der Waals surface area contributed by atoms with Crippen molar-refractivity contribution in [1.82, 2.24) is 4.72 Å². The van der Waals surface area contributed by atoms with Gasteiger partial charge < -0.3 is 14.0 Å². The Morgan fingerprint density at radius 3 is 2.26 bits per heavy atom. The number of sulfonamides is 1. The first kappa shape index (κ1) is 22.2. The lowest BCUT2D eigenvalue weighted by molar-refractivity contribution is 0.00578. The van der Waals surface area contributed by atoms with Gasteiger partial charge in [-0.1, -0.05) is 26.8 Å². The van der Waals surface area contributed by atoms with Crippen LogP contribution in [0.5, 0.6) is 5.75 Å². The highest BCUT2D eigenvalue weighted by molar-refractivity contribution is 7.89. The molecule has 27 heavy (non-hydrogen) atoms. The van der Waals surface area contributed by atoms with Gasteiger partial charge in [0.15, 0.2) is 0 Å². The van der Waals surface area contributed by atoms with E-state index in [9.17, 15) is 8.42 Å². The fourth-order valence-electron chi connectivity index (χ4n) is 2.68. The molecule has 0 unspecified atom stereocenters. The molecule has 0 aromatic heterocycles. The fourth-order valence-corrected chi connectivity index (χ4v) is 3.96. The number of hydrogen-bond donors (Lipinski definition) is 1. The molecule has 0 saturated carbocycles. The summed E-state index contributed by atoms with van der Waals surface area (Å²) >= 11 is 0. The van der Waals surface area contributed by atoms with Crippen molar-refractivity contribution in [3.63, 3.8) is 0 Å². The molecule has 6 nitrogen and oxygen atoms in total. The zero-order valence-corrected chi connectivity index (χ0v) is 18.3. The molecule has 0 aliphatic carbocycles. The first-order chi connectivity index (χ1) is 12.4. The molecule has 8 heteroatoms. The van der Waals surface area contributed by atoms with Crippen molar-refractivity contribution < 1.29 is 22.5 Å². The third kappa shape index (κ3) is 5.05. The van der Waals surface area contributed by atoms with E-state index >= 15 is 0 Å². The van der Waals surface area contributed by atoms with E-state index in [1.54, 1.807) is 25.1 Å². The van der Waals surface area contributed by atoms with Gasteiger partial charge in [0, 0.05) is 12.0 Å². The number of rotatable bonds is 8. The number of ether oxygens (including phenoxy) is 1. The van der Waals surface area contributed by atoms with Crippen LogP contribution in [-0.4, -0.2) is 39.9 Å². The molecule has 0 atom stereocenters. The smallest absolute Gasteiger partial charge is 0.494 e. The molecule has 1 aliphatic heterocycles. The maximum Gasteiger partial charge on any atom is 0.496 e. The van der Waals surface area contributed by atoms with Gasteiger partial charge in [-0.05, 0) is 52.2 Å². The molecular formula is C19H32BNO5S. The van der Waals surface area contributed by atoms with Gasteiger partial charge in [0.1, 0.15) is 5.75 Å². The van der Waals surface area contributed by atoms with Crippen molar-refractivity contribution in [3.8, 4) is 5.75 Å². The van der Waals surface area contributed by atoms with Gasteiger partial charge in [0.2, 0.25) is 10.0 Å². The van der Waals surface area contributed by atoms with E-state index in [0.717, 1.165) is 6.42 Å². The Balaban J connectivity index is 2.39. The minimum atomic E-state index is -3.71. The van der Waals surface area contributed by atoms with E-state index in [2.05, 4.69) is 18.6 Å². The molecule has 1 fully saturated rings. The lowest BCUT2D eigenvalue weighted by Gasteiger charge is -2.32. The Hall–Kier alpha value is -1.09. The third-order valence-corrected chi connectivity index (χ3v) is 6.68. The molecule has 2 rings (SSSR count). The minimum absolute atomic E-state index is 0.130. The molecule has 0 bridgehead atoms. The van der Waals surface area contributed by atoms with Gasteiger partial charge in [0.25, 0.3) is 0 Å². The standard InChI is InChI=1S/C19H32BNO5S/c1-8-21-27(22,23)17-13-15(24-12-11-14(2)3)9-10-16(17)20-25-18(4,5)19(6,7)26-20/h9-10,13-14,21H,8,11-12H2,1-7H3. The maximum absolute atomic E-state index is 12.8. The average Bonchev–Trinajstić information content (AvgIpc) is 2.75. The van der Waals surface area contributed by atoms with E-state index in [0.29, 0.717) is 30.3 Å². The van der Waals surface area contributed by atoms with Crippen molar-refractivity contribution in [1.29, 1.82) is 0 Å². The summed E-state index contributed by atoms with van der Waals surface area (Å²) in [6.07, 6.45) is 0.897. The first-order valence-electron chi connectivity index (χ1n) is 9.51. The van der Waals surface area contributed by atoms with Crippen molar-refractivity contribution in [3.05, 3.63) is 18.2 Å². The fraction of sp³-hybridized carbons (Fsp3) is 0.684. The Morgan fingerprint density at radius 2 is 1.74 bits per heavy atom. The van der Waals surface area contributed by atoms with E-state index in [1.165, 1.54) is 0 Å². The predicted octanol–water partition coefficient (Wildman–Crippen LogP) is 2.71. The Labute approximate surface area is 164 Å². The molecule has 0 spiro atoms. The van der Waals surface area contributed by atoms with Gasteiger partial charge in [-0.25, -0.2) is 13.1 Å². The summed E-state index contributed by atoms with van der Waals surface area (Å²) in [6.45, 7) is 14.6. The monoisotopic (exact) mass is 397 g/mol. The summed E-state index contributed by atoms with van der Waals surface area (Å²) in [7, 11) is -4.47. The first-order valence-corrected chi connectivity index (χ1v) is 11.0. The second-order valence-electron chi connectivity index (χ2n) is 8.32. The van der Waals surface area contributed by atoms with Crippen LogP contribution in [0, 0.1) is 5.92 Å². The summed E-state index contributed by atoms with van der Waals surface area (Å²) in [4.78, 5) is 0.130. The van der Waals surface area contributed by atoms with Crippen LogP contribution in [0.15, 0.2) is 23.1 Å². The predicted molar refractivity (Wildman–Crippen MR) is 108 cm³/mol.